The number of para-hydroxylation sites is 1. The van der Waals surface area contributed by atoms with Gasteiger partial charge in [-0.2, -0.15) is 0 Å². The van der Waals surface area contributed by atoms with E-state index < -0.39 is 0 Å². The normalized spacial score (nSPS) is 11.5. The lowest BCUT2D eigenvalue weighted by atomic mass is 10.1. The van der Waals surface area contributed by atoms with E-state index >= 15 is 0 Å². The molecule has 1 unspecified atom stereocenters. The maximum absolute atomic E-state index is 11.8. The molecule has 0 saturated carbocycles. The standard InChI is InChI=1S/C13H20N2O.ClH/c1-4-11-7-5-6-8-12(11)15-13(16)10(2)9-14-3;/h5-8,10,14H,4,9H2,1-3H3,(H,15,16);1H. The molecule has 0 aliphatic rings. The van der Waals surface area contributed by atoms with Crippen LogP contribution in [0.2, 0.25) is 0 Å². The first kappa shape index (κ1) is 15.9. The predicted molar refractivity (Wildman–Crippen MR) is 74.8 cm³/mol. The Morgan fingerprint density at radius 2 is 2.00 bits per heavy atom. The number of aryl methyl sites for hydroxylation is 1. The molecule has 1 aromatic carbocycles. The summed E-state index contributed by atoms with van der Waals surface area (Å²) in [5.74, 6) is 0.0464. The van der Waals surface area contributed by atoms with Crippen LogP contribution in [0, 0.1) is 5.92 Å². The lowest BCUT2D eigenvalue weighted by Gasteiger charge is -2.13. The second-order valence-corrected chi connectivity index (χ2v) is 3.96. The summed E-state index contributed by atoms with van der Waals surface area (Å²) >= 11 is 0. The van der Waals surface area contributed by atoms with Gasteiger partial charge in [-0.1, -0.05) is 32.0 Å². The van der Waals surface area contributed by atoms with Crippen molar-refractivity contribution >= 4 is 24.0 Å². The molecule has 0 bridgehead atoms. The Labute approximate surface area is 109 Å². The van der Waals surface area contributed by atoms with Crippen LogP contribution in [0.25, 0.3) is 0 Å². The lowest BCUT2D eigenvalue weighted by molar-refractivity contribution is -0.119. The summed E-state index contributed by atoms with van der Waals surface area (Å²) in [5.41, 5.74) is 2.10. The molecule has 4 heteroatoms. The van der Waals surface area contributed by atoms with Gasteiger partial charge in [-0.15, -0.1) is 12.4 Å². The van der Waals surface area contributed by atoms with Crippen molar-refractivity contribution in [1.29, 1.82) is 0 Å². The summed E-state index contributed by atoms with van der Waals surface area (Å²) in [6, 6.07) is 7.92. The van der Waals surface area contributed by atoms with Gasteiger partial charge < -0.3 is 10.6 Å². The van der Waals surface area contributed by atoms with E-state index in [2.05, 4.69) is 17.6 Å². The Balaban J connectivity index is 0.00000256. The van der Waals surface area contributed by atoms with Crippen molar-refractivity contribution in [2.24, 2.45) is 5.92 Å². The average molecular weight is 257 g/mol. The van der Waals surface area contributed by atoms with E-state index in [9.17, 15) is 4.79 Å². The second-order valence-electron chi connectivity index (χ2n) is 3.96. The van der Waals surface area contributed by atoms with Crippen LogP contribution in [0.5, 0.6) is 0 Å². The Bertz CT molecular complexity index is 355. The average Bonchev–Trinajstić information content (AvgIpc) is 2.30. The van der Waals surface area contributed by atoms with Crippen LogP contribution < -0.4 is 10.6 Å². The Kier molecular flexibility index (Phi) is 7.59. The zero-order valence-electron chi connectivity index (χ0n) is 10.6. The molecule has 3 nitrogen and oxygen atoms in total. The van der Waals surface area contributed by atoms with E-state index in [1.165, 1.54) is 5.56 Å². The first-order valence-electron chi connectivity index (χ1n) is 5.72. The summed E-state index contributed by atoms with van der Waals surface area (Å²) in [7, 11) is 1.85. The van der Waals surface area contributed by atoms with E-state index in [0.717, 1.165) is 12.1 Å². The van der Waals surface area contributed by atoms with Crippen LogP contribution in [0.4, 0.5) is 5.69 Å². The second kappa shape index (κ2) is 8.09. The largest absolute Gasteiger partial charge is 0.326 e. The van der Waals surface area contributed by atoms with Crippen molar-refractivity contribution in [3.8, 4) is 0 Å². The van der Waals surface area contributed by atoms with Crippen LogP contribution in [-0.2, 0) is 11.2 Å². The zero-order chi connectivity index (χ0) is 12.0. The third-order valence-corrected chi connectivity index (χ3v) is 2.61. The molecule has 0 heterocycles. The summed E-state index contributed by atoms with van der Waals surface area (Å²) in [4.78, 5) is 11.8. The molecule has 2 N–H and O–H groups in total. The quantitative estimate of drug-likeness (QED) is 0.850. The molecular weight excluding hydrogens is 236 g/mol. The molecule has 1 aromatic rings. The Morgan fingerprint density at radius 1 is 1.35 bits per heavy atom. The highest BCUT2D eigenvalue weighted by Crippen LogP contribution is 2.16. The minimum absolute atomic E-state index is 0. The van der Waals surface area contributed by atoms with Crippen molar-refractivity contribution in [2.45, 2.75) is 20.3 Å². The molecule has 0 aliphatic carbocycles. The predicted octanol–water partition coefficient (Wildman–Crippen LogP) is 2.46. The van der Waals surface area contributed by atoms with Gasteiger partial charge in [0.15, 0.2) is 0 Å². The van der Waals surface area contributed by atoms with Crippen molar-refractivity contribution in [3.05, 3.63) is 29.8 Å². The van der Waals surface area contributed by atoms with Gasteiger partial charge in [-0.25, -0.2) is 0 Å². The fraction of sp³-hybridized carbons (Fsp3) is 0.462. The number of hydrogen-bond donors (Lipinski definition) is 2. The minimum atomic E-state index is -0.0186. The van der Waals surface area contributed by atoms with Gasteiger partial charge in [-0.05, 0) is 25.1 Å². The van der Waals surface area contributed by atoms with Gasteiger partial charge in [0.05, 0.1) is 0 Å². The van der Waals surface area contributed by atoms with Gasteiger partial charge in [-0.3, -0.25) is 4.79 Å². The third-order valence-electron chi connectivity index (χ3n) is 2.61. The molecule has 96 valence electrons. The molecule has 0 aliphatic heterocycles. The number of carbonyl (C=O) groups excluding carboxylic acids is 1. The minimum Gasteiger partial charge on any atom is -0.326 e. The molecule has 0 fully saturated rings. The molecule has 0 radical (unpaired) electrons. The Morgan fingerprint density at radius 3 is 2.59 bits per heavy atom. The number of hydrogen-bond acceptors (Lipinski definition) is 2. The maximum Gasteiger partial charge on any atom is 0.228 e. The molecule has 0 spiro atoms. The number of carbonyl (C=O) groups is 1. The number of amides is 1. The first-order valence-corrected chi connectivity index (χ1v) is 5.72. The van der Waals surface area contributed by atoms with Gasteiger partial charge in [0, 0.05) is 18.2 Å². The molecule has 0 saturated heterocycles. The highest BCUT2D eigenvalue weighted by atomic mass is 35.5. The third kappa shape index (κ3) is 4.75. The van der Waals surface area contributed by atoms with Crippen molar-refractivity contribution in [3.63, 3.8) is 0 Å². The van der Waals surface area contributed by atoms with Crippen molar-refractivity contribution in [2.75, 3.05) is 18.9 Å². The SMILES string of the molecule is CCc1ccccc1NC(=O)C(C)CNC.Cl. The van der Waals surface area contributed by atoms with Crippen LogP contribution in [0.1, 0.15) is 19.4 Å². The molecule has 1 amide bonds. The van der Waals surface area contributed by atoms with E-state index in [0.29, 0.717) is 6.54 Å². The fourth-order valence-electron chi connectivity index (χ4n) is 1.61. The first-order chi connectivity index (χ1) is 7.69. The number of halogens is 1. The highest BCUT2D eigenvalue weighted by Gasteiger charge is 2.12. The van der Waals surface area contributed by atoms with E-state index in [1.54, 1.807) is 0 Å². The summed E-state index contributed by atoms with van der Waals surface area (Å²) in [5, 5.41) is 5.97. The highest BCUT2D eigenvalue weighted by molar-refractivity contribution is 5.93. The molecule has 1 atom stereocenters. The van der Waals surface area contributed by atoms with E-state index in [1.807, 2.05) is 38.2 Å². The Hall–Kier alpha value is -1.06. The maximum atomic E-state index is 11.8. The van der Waals surface area contributed by atoms with E-state index in [4.69, 9.17) is 0 Å². The van der Waals surface area contributed by atoms with Gasteiger partial charge >= 0.3 is 0 Å². The molecule has 17 heavy (non-hydrogen) atoms. The summed E-state index contributed by atoms with van der Waals surface area (Å²) in [6.07, 6.45) is 0.927. The van der Waals surface area contributed by atoms with Crippen LogP contribution in [-0.4, -0.2) is 19.5 Å². The summed E-state index contributed by atoms with van der Waals surface area (Å²) < 4.78 is 0. The number of benzene rings is 1. The summed E-state index contributed by atoms with van der Waals surface area (Å²) in [6.45, 7) is 4.70. The smallest absolute Gasteiger partial charge is 0.228 e. The van der Waals surface area contributed by atoms with Crippen molar-refractivity contribution in [1.82, 2.24) is 5.32 Å². The molecular formula is C13H21ClN2O. The van der Waals surface area contributed by atoms with E-state index in [-0.39, 0.29) is 24.2 Å². The molecule has 0 aromatic heterocycles. The zero-order valence-corrected chi connectivity index (χ0v) is 11.4. The van der Waals surface area contributed by atoms with Gasteiger partial charge in [0.1, 0.15) is 0 Å². The van der Waals surface area contributed by atoms with Crippen LogP contribution in [0.3, 0.4) is 0 Å². The van der Waals surface area contributed by atoms with Gasteiger partial charge in [0.25, 0.3) is 0 Å². The number of anilines is 1. The number of rotatable bonds is 5. The van der Waals surface area contributed by atoms with Crippen LogP contribution >= 0.6 is 12.4 Å². The molecule has 1 rings (SSSR count). The van der Waals surface area contributed by atoms with Crippen LogP contribution in [0.15, 0.2) is 24.3 Å². The van der Waals surface area contributed by atoms with Gasteiger partial charge in [0.2, 0.25) is 5.91 Å². The monoisotopic (exact) mass is 256 g/mol. The van der Waals surface area contributed by atoms with Crippen molar-refractivity contribution < 1.29 is 4.79 Å². The number of nitrogens with one attached hydrogen (secondary N) is 2. The fourth-order valence-corrected chi connectivity index (χ4v) is 1.61. The topological polar surface area (TPSA) is 41.1 Å². The lowest BCUT2D eigenvalue weighted by Crippen LogP contribution is -2.28.